The third-order valence-electron chi connectivity index (χ3n) is 3.32. The Labute approximate surface area is 124 Å². The van der Waals surface area contributed by atoms with Crippen LogP contribution in [0.2, 0.25) is 0 Å². The minimum Gasteiger partial charge on any atom is -0.331 e. The number of hydrogen-bond acceptors (Lipinski definition) is 1. The summed E-state index contributed by atoms with van der Waals surface area (Å²) in [5.74, 6) is -0.309. The molecule has 0 unspecified atom stereocenters. The second-order valence-corrected chi connectivity index (χ2v) is 5.03. The van der Waals surface area contributed by atoms with Crippen LogP contribution in [-0.4, -0.2) is 18.0 Å². The Bertz CT molecular complexity index is 601. The highest BCUT2D eigenvalue weighted by molar-refractivity contribution is 5.74. The summed E-state index contributed by atoms with van der Waals surface area (Å²) in [5, 5.41) is 2.80. The zero-order chi connectivity index (χ0) is 15.2. The topological polar surface area (TPSA) is 32.3 Å². The highest BCUT2D eigenvalue weighted by Gasteiger charge is 2.15. The maximum absolute atomic E-state index is 13.7. The quantitative estimate of drug-likeness (QED) is 0.912. The van der Waals surface area contributed by atoms with E-state index in [0.717, 1.165) is 5.56 Å². The van der Waals surface area contributed by atoms with Gasteiger partial charge in [-0.05, 0) is 18.6 Å². The molecule has 0 spiro atoms. The molecule has 0 bridgehead atoms. The van der Waals surface area contributed by atoms with Gasteiger partial charge in [0.25, 0.3) is 0 Å². The number of benzene rings is 2. The highest BCUT2D eigenvalue weighted by Crippen LogP contribution is 2.16. The van der Waals surface area contributed by atoms with Crippen LogP contribution in [0.5, 0.6) is 0 Å². The number of nitrogens with zero attached hydrogens (tertiary/aromatic N) is 1. The van der Waals surface area contributed by atoms with Crippen molar-refractivity contribution >= 4 is 6.03 Å². The van der Waals surface area contributed by atoms with E-state index >= 15 is 0 Å². The van der Waals surface area contributed by atoms with Gasteiger partial charge in [-0.1, -0.05) is 48.5 Å². The lowest BCUT2D eigenvalue weighted by atomic mass is 10.1. The molecule has 0 saturated carbocycles. The van der Waals surface area contributed by atoms with E-state index in [0.29, 0.717) is 12.1 Å². The van der Waals surface area contributed by atoms with Crippen molar-refractivity contribution in [2.45, 2.75) is 19.5 Å². The van der Waals surface area contributed by atoms with Gasteiger partial charge in [-0.3, -0.25) is 0 Å². The molecule has 0 aliphatic carbocycles. The third-order valence-corrected chi connectivity index (χ3v) is 3.32. The van der Waals surface area contributed by atoms with Gasteiger partial charge >= 0.3 is 6.03 Å². The molecule has 1 atom stereocenters. The predicted octanol–water partition coefficient (Wildman–Crippen LogP) is 3.73. The van der Waals surface area contributed by atoms with E-state index < -0.39 is 0 Å². The Morgan fingerprint density at radius 3 is 2.43 bits per heavy atom. The summed E-state index contributed by atoms with van der Waals surface area (Å²) in [7, 11) is 1.72. The summed E-state index contributed by atoms with van der Waals surface area (Å²) in [4.78, 5) is 13.7. The van der Waals surface area contributed by atoms with Gasteiger partial charge in [0.05, 0.1) is 6.04 Å². The second-order valence-electron chi connectivity index (χ2n) is 5.03. The maximum atomic E-state index is 13.7. The summed E-state index contributed by atoms with van der Waals surface area (Å²) < 4.78 is 13.7. The number of rotatable bonds is 4. The van der Waals surface area contributed by atoms with Crippen molar-refractivity contribution in [1.82, 2.24) is 10.2 Å². The van der Waals surface area contributed by atoms with Crippen LogP contribution in [0.3, 0.4) is 0 Å². The van der Waals surface area contributed by atoms with E-state index in [2.05, 4.69) is 5.32 Å². The standard InChI is InChI=1S/C17H19FN2O/c1-13(15-10-6-7-11-16(15)18)19-17(21)20(2)12-14-8-4-3-5-9-14/h3-11,13H,12H2,1-2H3,(H,19,21)/t13-/m0/s1. The molecule has 2 rings (SSSR count). The lowest BCUT2D eigenvalue weighted by molar-refractivity contribution is 0.203. The van der Waals surface area contributed by atoms with Crippen LogP contribution in [0.1, 0.15) is 24.1 Å². The molecular weight excluding hydrogens is 267 g/mol. The monoisotopic (exact) mass is 286 g/mol. The molecule has 2 aromatic rings. The average Bonchev–Trinajstić information content (AvgIpc) is 2.48. The van der Waals surface area contributed by atoms with Crippen LogP contribution in [0.25, 0.3) is 0 Å². The van der Waals surface area contributed by atoms with E-state index in [1.54, 1.807) is 37.1 Å². The van der Waals surface area contributed by atoms with Crippen molar-refractivity contribution in [3.05, 3.63) is 71.5 Å². The van der Waals surface area contributed by atoms with Crippen LogP contribution >= 0.6 is 0 Å². The molecule has 21 heavy (non-hydrogen) atoms. The molecule has 0 heterocycles. The highest BCUT2D eigenvalue weighted by atomic mass is 19.1. The molecule has 0 aromatic heterocycles. The summed E-state index contributed by atoms with van der Waals surface area (Å²) in [6, 6.07) is 15.6. The number of nitrogens with one attached hydrogen (secondary N) is 1. The largest absolute Gasteiger partial charge is 0.331 e. The Kier molecular flexibility index (Phi) is 4.93. The summed E-state index contributed by atoms with van der Waals surface area (Å²) in [5.41, 5.74) is 1.53. The lowest BCUT2D eigenvalue weighted by Crippen LogP contribution is -2.38. The fourth-order valence-corrected chi connectivity index (χ4v) is 2.13. The van der Waals surface area contributed by atoms with Gasteiger partial charge in [0.2, 0.25) is 0 Å². The van der Waals surface area contributed by atoms with Crippen LogP contribution < -0.4 is 5.32 Å². The van der Waals surface area contributed by atoms with Gasteiger partial charge in [0.15, 0.2) is 0 Å². The first-order valence-electron chi connectivity index (χ1n) is 6.88. The average molecular weight is 286 g/mol. The molecule has 0 fully saturated rings. The van der Waals surface area contributed by atoms with Crippen LogP contribution in [-0.2, 0) is 6.54 Å². The maximum Gasteiger partial charge on any atom is 0.317 e. The first kappa shape index (κ1) is 15.0. The first-order chi connectivity index (χ1) is 10.1. The molecule has 2 amide bonds. The molecule has 0 radical (unpaired) electrons. The van der Waals surface area contributed by atoms with E-state index in [-0.39, 0.29) is 17.9 Å². The second kappa shape index (κ2) is 6.88. The van der Waals surface area contributed by atoms with Crippen molar-refractivity contribution in [1.29, 1.82) is 0 Å². The van der Waals surface area contributed by atoms with E-state index in [9.17, 15) is 9.18 Å². The van der Waals surface area contributed by atoms with Gasteiger partial charge in [-0.25, -0.2) is 9.18 Å². The van der Waals surface area contributed by atoms with Crippen molar-refractivity contribution in [3.8, 4) is 0 Å². The SMILES string of the molecule is C[C@H](NC(=O)N(C)Cc1ccccc1)c1ccccc1F. The predicted molar refractivity (Wildman–Crippen MR) is 81.3 cm³/mol. The lowest BCUT2D eigenvalue weighted by Gasteiger charge is -2.22. The van der Waals surface area contributed by atoms with Gasteiger partial charge in [-0.2, -0.15) is 0 Å². The molecule has 110 valence electrons. The Hall–Kier alpha value is -2.36. The van der Waals surface area contributed by atoms with Gasteiger partial charge in [0, 0.05) is 19.2 Å². The minimum atomic E-state index is -0.378. The Morgan fingerprint density at radius 2 is 1.76 bits per heavy atom. The zero-order valence-corrected chi connectivity index (χ0v) is 12.2. The molecule has 0 aliphatic rings. The van der Waals surface area contributed by atoms with E-state index in [1.807, 2.05) is 30.3 Å². The summed E-state index contributed by atoms with van der Waals surface area (Å²) >= 11 is 0. The minimum absolute atomic E-state index is 0.227. The van der Waals surface area contributed by atoms with Crippen LogP contribution in [0.15, 0.2) is 54.6 Å². The fourth-order valence-electron chi connectivity index (χ4n) is 2.13. The number of halogens is 1. The number of hydrogen-bond donors (Lipinski definition) is 1. The number of carbonyl (C=O) groups is 1. The Morgan fingerprint density at radius 1 is 1.14 bits per heavy atom. The fraction of sp³-hybridized carbons (Fsp3) is 0.235. The molecule has 1 N–H and O–H groups in total. The first-order valence-corrected chi connectivity index (χ1v) is 6.88. The summed E-state index contributed by atoms with van der Waals surface area (Å²) in [6.07, 6.45) is 0. The van der Waals surface area contributed by atoms with E-state index in [1.165, 1.54) is 6.07 Å². The molecular formula is C17H19FN2O. The van der Waals surface area contributed by atoms with Crippen LogP contribution in [0, 0.1) is 5.82 Å². The summed E-state index contributed by atoms with van der Waals surface area (Å²) in [6.45, 7) is 2.28. The van der Waals surface area contributed by atoms with Crippen molar-refractivity contribution in [2.24, 2.45) is 0 Å². The number of amides is 2. The zero-order valence-electron chi connectivity index (χ0n) is 12.2. The van der Waals surface area contributed by atoms with Gasteiger partial charge in [0.1, 0.15) is 5.82 Å². The van der Waals surface area contributed by atoms with E-state index in [4.69, 9.17) is 0 Å². The molecule has 3 nitrogen and oxygen atoms in total. The molecule has 4 heteroatoms. The third kappa shape index (κ3) is 4.05. The normalized spacial score (nSPS) is 11.8. The molecule has 2 aromatic carbocycles. The molecule has 0 aliphatic heterocycles. The number of carbonyl (C=O) groups excluding carboxylic acids is 1. The van der Waals surface area contributed by atoms with Gasteiger partial charge < -0.3 is 10.2 Å². The van der Waals surface area contributed by atoms with Crippen molar-refractivity contribution < 1.29 is 9.18 Å². The Balaban J connectivity index is 1.96. The van der Waals surface area contributed by atoms with Gasteiger partial charge in [-0.15, -0.1) is 0 Å². The van der Waals surface area contributed by atoms with Crippen molar-refractivity contribution in [3.63, 3.8) is 0 Å². The smallest absolute Gasteiger partial charge is 0.317 e. The van der Waals surface area contributed by atoms with Crippen LogP contribution in [0.4, 0.5) is 9.18 Å². The molecule has 0 saturated heterocycles. The van der Waals surface area contributed by atoms with Crippen molar-refractivity contribution in [2.75, 3.05) is 7.05 Å². The number of urea groups is 1.